The van der Waals surface area contributed by atoms with Crippen LogP contribution in [0.25, 0.3) is 0 Å². The Morgan fingerprint density at radius 3 is 2.52 bits per heavy atom. The summed E-state index contributed by atoms with van der Waals surface area (Å²) in [6.45, 7) is 8.93. The maximum Gasteiger partial charge on any atom is 0.302 e. The maximum atomic E-state index is 13.4. The van der Waals surface area contributed by atoms with E-state index in [9.17, 15) is 9.59 Å². The number of aryl methyl sites for hydroxylation is 3. The lowest BCUT2D eigenvalue weighted by Crippen LogP contribution is -2.28. The number of benzene rings is 1. The van der Waals surface area contributed by atoms with Crippen molar-refractivity contribution in [3.63, 3.8) is 0 Å². The SMILES string of the molecule is CC(=O)OCc1c(C)cc(C)c(N(C(=O)c2cccs2)c2noc(C)c2Cl)c1C. The number of halogens is 1. The smallest absolute Gasteiger partial charge is 0.302 e. The van der Waals surface area contributed by atoms with Gasteiger partial charge >= 0.3 is 5.97 Å². The highest BCUT2D eigenvalue weighted by Crippen LogP contribution is 2.40. The molecule has 0 aliphatic heterocycles. The molecule has 3 aromatic rings. The first-order valence-electron chi connectivity index (χ1n) is 8.95. The lowest BCUT2D eigenvalue weighted by Gasteiger charge is -2.26. The van der Waals surface area contributed by atoms with Gasteiger partial charge in [-0.3, -0.25) is 14.5 Å². The van der Waals surface area contributed by atoms with Crippen molar-refractivity contribution in [2.75, 3.05) is 4.90 Å². The summed E-state index contributed by atoms with van der Waals surface area (Å²) in [6.07, 6.45) is 0. The van der Waals surface area contributed by atoms with Crippen LogP contribution in [0, 0.1) is 27.7 Å². The molecule has 6 nitrogen and oxygen atoms in total. The van der Waals surface area contributed by atoms with E-state index in [2.05, 4.69) is 5.16 Å². The second-order valence-corrected chi connectivity index (χ2v) is 8.06. The van der Waals surface area contributed by atoms with E-state index >= 15 is 0 Å². The molecule has 0 fully saturated rings. The summed E-state index contributed by atoms with van der Waals surface area (Å²) in [5.41, 5.74) is 4.13. The first-order valence-corrected chi connectivity index (χ1v) is 10.2. The van der Waals surface area contributed by atoms with E-state index in [4.69, 9.17) is 20.9 Å². The van der Waals surface area contributed by atoms with Crippen LogP contribution in [-0.2, 0) is 16.1 Å². The van der Waals surface area contributed by atoms with Crippen molar-refractivity contribution in [2.24, 2.45) is 0 Å². The van der Waals surface area contributed by atoms with Crippen molar-refractivity contribution in [1.29, 1.82) is 0 Å². The van der Waals surface area contributed by atoms with Crippen molar-refractivity contribution in [3.05, 3.63) is 61.5 Å². The molecule has 2 heterocycles. The van der Waals surface area contributed by atoms with Gasteiger partial charge in [-0.05, 0) is 61.4 Å². The van der Waals surface area contributed by atoms with Crippen LogP contribution in [0.2, 0.25) is 5.02 Å². The van der Waals surface area contributed by atoms with Crippen molar-refractivity contribution in [3.8, 4) is 0 Å². The number of hydrogen-bond donors (Lipinski definition) is 0. The number of amides is 1. The Hall–Kier alpha value is -2.64. The summed E-state index contributed by atoms with van der Waals surface area (Å²) < 4.78 is 10.5. The van der Waals surface area contributed by atoms with E-state index in [1.54, 1.807) is 13.0 Å². The molecule has 8 heteroatoms. The summed E-state index contributed by atoms with van der Waals surface area (Å²) in [6, 6.07) is 5.52. The number of carbonyl (C=O) groups excluding carboxylic acids is 2. The molecule has 0 aliphatic carbocycles. The van der Waals surface area contributed by atoms with Gasteiger partial charge in [-0.15, -0.1) is 11.3 Å². The summed E-state index contributed by atoms with van der Waals surface area (Å²) >= 11 is 7.75. The number of nitrogens with zero attached hydrogens (tertiary/aromatic N) is 2. The predicted molar refractivity (Wildman–Crippen MR) is 113 cm³/mol. The summed E-state index contributed by atoms with van der Waals surface area (Å²) in [5.74, 6) is 0.0283. The number of esters is 1. The molecule has 29 heavy (non-hydrogen) atoms. The number of anilines is 2. The molecule has 0 unspecified atom stereocenters. The van der Waals surface area contributed by atoms with Crippen LogP contribution in [0.1, 0.15) is 44.6 Å². The Bertz CT molecular complexity index is 1070. The summed E-state index contributed by atoms with van der Waals surface area (Å²) in [4.78, 5) is 26.8. The van der Waals surface area contributed by atoms with Gasteiger partial charge in [-0.25, -0.2) is 0 Å². The molecule has 0 aliphatic rings. The zero-order valence-corrected chi connectivity index (χ0v) is 18.4. The minimum Gasteiger partial charge on any atom is -0.461 e. The number of aromatic nitrogens is 1. The minimum atomic E-state index is -0.368. The fourth-order valence-corrected chi connectivity index (χ4v) is 4.06. The molecule has 0 bridgehead atoms. The topological polar surface area (TPSA) is 72.6 Å². The van der Waals surface area contributed by atoms with Crippen LogP contribution in [0.15, 0.2) is 28.1 Å². The fourth-order valence-electron chi connectivity index (χ4n) is 3.26. The van der Waals surface area contributed by atoms with Gasteiger partial charge in [0, 0.05) is 6.92 Å². The van der Waals surface area contributed by atoms with Crippen molar-refractivity contribution >= 4 is 46.3 Å². The number of hydrogen-bond acceptors (Lipinski definition) is 6. The maximum absolute atomic E-state index is 13.4. The third kappa shape index (κ3) is 4.06. The predicted octanol–water partition coefficient (Wildman–Crippen LogP) is 5.66. The fraction of sp³-hybridized carbons (Fsp3) is 0.286. The van der Waals surface area contributed by atoms with Gasteiger partial charge in [0.1, 0.15) is 11.6 Å². The first kappa shape index (κ1) is 21.1. The molecule has 1 amide bonds. The molecule has 0 N–H and O–H groups in total. The molecule has 0 atom stereocenters. The number of rotatable bonds is 5. The van der Waals surface area contributed by atoms with Gasteiger partial charge in [0.05, 0.1) is 10.6 Å². The molecular weight excluding hydrogens is 412 g/mol. The molecule has 0 saturated carbocycles. The highest BCUT2D eigenvalue weighted by molar-refractivity contribution is 7.12. The van der Waals surface area contributed by atoms with Crippen LogP contribution >= 0.6 is 22.9 Å². The zero-order chi connectivity index (χ0) is 21.3. The van der Waals surface area contributed by atoms with Gasteiger partial charge in [-0.2, -0.15) is 0 Å². The van der Waals surface area contributed by atoms with Gasteiger partial charge in [0.15, 0.2) is 5.76 Å². The number of carbonyl (C=O) groups is 2. The quantitative estimate of drug-likeness (QED) is 0.486. The minimum absolute atomic E-state index is 0.118. The Labute approximate surface area is 178 Å². The first-order chi connectivity index (χ1) is 13.7. The molecule has 0 spiro atoms. The lowest BCUT2D eigenvalue weighted by molar-refractivity contribution is -0.142. The van der Waals surface area contributed by atoms with Gasteiger partial charge in [0.2, 0.25) is 5.82 Å². The molecule has 0 saturated heterocycles. The highest BCUT2D eigenvalue weighted by Gasteiger charge is 2.30. The van der Waals surface area contributed by atoms with Crippen LogP contribution in [0.4, 0.5) is 11.5 Å². The highest BCUT2D eigenvalue weighted by atomic mass is 35.5. The van der Waals surface area contributed by atoms with E-state index in [1.165, 1.54) is 23.2 Å². The largest absolute Gasteiger partial charge is 0.461 e. The second kappa shape index (κ2) is 8.39. The molecule has 3 rings (SSSR count). The van der Waals surface area contributed by atoms with Gasteiger partial charge in [-0.1, -0.05) is 28.9 Å². The average molecular weight is 433 g/mol. The van der Waals surface area contributed by atoms with E-state index in [0.717, 1.165) is 22.3 Å². The third-order valence-corrected chi connectivity index (χ3v) is 5.95. The van der Waals surface area contributed by atoms with E-state index < -0.39 is 0 Å². The Morgan fingerprint density at radius 2 is 1.97 bits per heavy atom. The van der Waals surface area contributed by atoms with Gasteiger partial charge < -0.3 is 9.26 Å². The Kier molecular flexibility index (Phi) is 6.10. The van der Waals surface area contributed by atoms with Gasteiger partial charge in [0.25, 0.3) is 5.91 Å². The monoisotopic (exact) mass is 432 g/mol. The van der Waals surface area contributed by atoms with E-state index in [0.29, 0.717) is 16.3 Å². The normalized spacial score (nSPS) is 10.8. The van der Waals surface area contributed by atoms with Crippen LogP contribution in [0.5, 0.6) is 0 Å². The Morgan fingerprint density at radius 1 is 1.24 bits per heavy atom. The average Bonchev–Trinajstić information content (AvgIpc) is 3.29. The molecular formula is C21H21ClN2O4S. The molecule has 152 valence electrons. The Balaban J connectivity index is 2.23. The van der Waals surface area contributed by atoms with Crippen molar-refractivity contribution in [2.45, 2.75) is 41.2 Å². The second-order valence-electron chi connectivity index (χ2n) is 6.74. The zero-order valence-electron chi connectivity index (χ0n) is 16.8. The van der Waals surface area contributed by atoms with Crippen molar-refractivity contribution < 1.29 is 18.8 Å². The van der Waals surface area contributed by atoms with Crippen LogP contribution in [-0.4, -0.2) is 17.0 Å². The number of ether oxygens (including phenoxy) is 1. The van der Waals surface area contributed by atoms with Crippen LogP contribution in [0.3, 0.4) is 0 Å². The summed E-state index contributed by atoms with van der Waals surface area (Å²) in [7, 11) is 0. The number of thiophene rings is 1. The lowest BCUT2D eigenvalue weighted by atomic mass is 9.96. The third-order valence-electron chi connectivity index (χ3n) is 4.66. The summed E-state index contributed by atoms with van der Waals surface area (Å²) in [5, 5.41) is 6.16. The molecule has 2 aromatic heterocycles. The van der Waals surface area contributed by atoms with E-state index in [-0.39, 0.29) is 29.3 Å². The van der Waals surface area contributed by atoms with Crippen LogP contribution < -0.4 is 4.90 Å². The molecule has 1 aromatic carbocycles. The standard InChI is InChI=1S/C21H21ClN2O4S/c1-11-9-12(2)19(13(3)16(11)10-27-15(5)25)24(20-18(22)14(4)28-23-20)21(26)17-7-6-8-29-17/h6-9H,10H2,1-5H3. The van der Waals surface area contributed by atoms with E-state index in [1.807, 2.05) is 38.3 Å². The van der Waals surface area contributed by atoms with Crippen molar-refractivity contribution in [1.82, 2.24) is 5.16 Å². The molecule has 0 radical (unpaired) electrons.